The van der Waals surface area contributed by atoms with Gasteiger partial charge in [-0.25, -0.2) is 12.8 Å². The predicted octanol–water partition coefficient (Wildman–Crippen LogP) is 2.30. The molecule has 0 spiro atoms. The van der Waals surface area contributed by atoms with Crippen LogP contribution in [-0.2, 0) is 9.84 Å². The van der Waals surface area contributed by atoms with Crippen LogP contribution in [0.3, 0.4) is 0 Å². The summed E-state index contributed by atoms with van der Waals surface area (Å²) in [5.41, 5.74) is 0. The maximum atomic E-state index is 13.6. The molecule has 2 N–H and O–H groups in total. The molecule has 0 heterocycles. The minimum atomic E-state index is -3.67. The molecule has 0 saturated carbocycles. The van der Waals surface area contributed by atoms with Crippen molar-refractivity contribution in [2.24, 2.45) is 4.99 Å². The van der Waals surface area contributed by atoms with Crippen molar-refractivity contribution in [3.05, 3.63) is 30.1 Å². The Morgan fingerprint density at radius 3 is 2.54 bits per heavy atom. The number of benzene rings is 1. The van der Waals surface area contributed by atoms with Crippen LogP contribution in [0.5, 0.6) is 0 Å². The van der Waals surface area contributed by atoms with Gasteiger partial charge in [0, 0.05) is 17.8 Å². The van der Waals surface area contributed by atoms with E-state index in [0.29, 0.717) is 19.0 Å². The molecule has 0 bridgehead atoms. The van der Waals surface area contributed by atoms with Crippen LogP contribution in [0.25, 0.3) is 0 Å². The molecule has 0 unspecified atom stereocenters. The van der Waals surface area contributed by atoms with Gasteiger partial charge in [-0.2, -0.15) is 11.8 Å². The van der Waals surface area contributed by atoms with Crippen LogP contribution in [0.15, 0.2) is 34.2 Å². The third kappa shape index (κ3) is 6.68. The van der Waals surface area contributed by atoms with Crippen LogP contribution in [0.4, 0.5) is 4.39 Å². The van der Waals surface area contributed by atoms with E-state index in [9.17, 15) is 12.8 Å². The topological polar surface area (TPSA) is 70.6 Å². The Kier molecular flexibility index (Phi) is 8.02. The molecule has 0 aliphatic carbocycles. The molecule has 0 radical (unpaired) electrons. The van der Waals surface area contributed by atoms with E-state index in [1.54, 1.807) is 11.8 Å². The first-order valence-corrected chi connectivity index (χ1v) is 10.6. The first kappa shape index (κ1) is 20.8. The summed E-state index contributed by atoms with van der Waals surface area (Å²) in [5.74, 6) is -0.368. The average molecular weight is 376 g/mol. The number of hydrogen-bond acceptors (Lipinski definition) is 4. The van der Waals surface area contributed by atoms with E-state index in [4.69, 9.17) is 0 Å². The molecule has 0 aliphatic heterocycles. The molecule has 5 nitrogen and oxygen atoms in total. The fourth-order valence-corrected chi connectivity index (χ4v) is 3.22. The monoisotopic (exact) mass is 375 g/mol. The van der Waals surface area contributed by atoms with Gasteiger partial charge in [-0.1, -0.05) is 12.1 Å². The van der Waals surface area contributed by atoms with Gasteiger partial charge in [0.1, 0.15) is 10.7 Å². The van der Waals surface area contributed by atoms with Crippen molar-refractivity contribution in [3.8, 4) is 0 Å². The summed E-state index contributed by atoms with van der Waals surface area (Å²) in [5, 5.41) is 6.07. The molecule has 0 aromatic heterocycles. The highest BCUT2D eigenvalue weighted by Gasteiger charge is 2.19. The second-order valence-corrected chi connectivity index (χ2v) is 9.43. The van der Waals surface area contributed by atoms with E-state index in [1.165, 1.54) is 18.2 Å². The van der Waals surface area contributed by atoms with E-state index in [2.05, 4.69) is 29.5 Å². The number of guanidine groups is 1. The fourth-order valence-electron chi connectivity index (χ4n) is 1.79. The normalized spacial score (nSPS) is 13.0. The Hall–Kier alpha value is -1.28. The lowest BCUT2D eigenvalue weighted by Crippen LogP contribution is -2.40. The zero-order valence-corrected chi connectivity index (χ0v) is 16.2. The van der Waals surface area contributed by atoms with Crippen molar-refractivity contribution in [1.82, 2.24) is 10.6 Å². The number of hydrogen-bond donors (Lipinski definition) is 2. The quantitative estimate of drug-likeness (QED) is 0.539. The Balaban J connectivity index is 2.68. The number of aliphatic imine (C=N–C) groups is 1. The maximum absolute atomic E-state index is 13.6. The van der Waals surface area contributed by atoms with Crippen molar-refractivity contribution in [3.63, 3.8) is 0 Å². The van der Waals surface area contributed by atoms with Gasteiger partial charge in [-0.15, -0.1) is 0 Å². The highest BCUT2D eigenvalue weighted by molar-refractivity contribution is 7.99. The molecule has 0 amide bonds. The zero-order valence-electron chi connectivity index (χ0n) is 14.6. The second kappa shape index (κ2) is 9.27. The highest BCUT2D eigenvalue weighted by atomic mass is 32.2. The smallest absolute Gasteiger partial charge is 0.191 e. The summed E-state index contributed by atoms with van der Waals surface area (Å²) in [7, 11) is -3.67. The van der Waals surface area contributed by atoms with Crippen molar-refractivity contribution in [2.45, 2.75) is 30.4 Å². The number of nitrogens with zero attached hydrogens (tertiary/aromatic N) is 1. The summed E-state index contributed by atoms with van der Waals surface area (Å²) in [6.45, 7) is 7.55. The Morgan fingerprint density at radius 2 is 1.96 bits per heavy atom. The summed E-state index contributed by atoms with van der Waals surface area (Å²) >= 11 is 1.71. The van der Waals surface area contributed by atoms with Crippen LogP contribution in [-0.4, -0.2) is 50.8 Å². The molecule has 0 fully saturated rings. The van der Waals surface area contributed by atoms with Gasteiger partial charge in [-0.3, -0.25) is 4.99 Å². The molecular formula is C16H26FN3O2S2. The number of rotatable bonds is 8. The van der Waals surface area contributed by atoms with E-state index >= 15 is 0 Å². The molecule has 136 valence electrons. The minimum absolute atomic E-state index is 0.00158. The lowest BCUT2D eigenvalue weighted by Gasteiger charge is -2.20. The van der Waals surface area contributed by atoms with Gasteiger partial charge in [0.25, 0.3) is 0 Å². The van der Waals surface area contributed by atoms with Crippen LogP contribution in [0.2, 0.25) is 0 Å². The van der Waals surface area contributed by atoms with Crippen LogP contribution >= 0.6 is 11.8 Å². The molecule has 1 aromatic carbocycles. The zero-order chi connectivity index (χ0) is 18.2. The molecular weight excluding hydrogens is 349 g/mol. The first-order chi connectivity index (χ1) is 11.2. The molecule has 8 heteroatoms. The van der Waals surface area contributed by atoms with E-state index in [1.807, 2.05) is 13.2 Å². The second-order valence-electron chi connectivity index (χ2n) is 5.84. The van der Waals surface area contributed by atoms with Crippen LogP contribution in [0, 0.1) is 5.82 Å². The largest absolute Gasteiger partial charge is 0.357 e. The van der Waals surface area contributed by atoms with Gasteiger partial charge < -0.3 is 10.6 Å². The van der Waals surface area contributed by atoms with Crippen molar-refractivity contribution < 1.29 is 12.8 Å². The minimum Gasteiger partial charge on any atom is -0.357 e. The summed E-state index contributed by atoms with van der Waals surface area (Å²) in [6, 6.07) is 5.41. The molecule has 1 aromatic rings. The third-order valence-electron chi connectivity index (χ3n) is 3.35. The number of halogens is 1. The maximum Gasteiger partial charge on any atom is 0.191 e. The highest BCUT2D eigenvalue weighted by Crippen LogP contribution is 2.21. The molecule has 0 aliphatic rings. The molecule has 24 heavy (non-hydrogen) atoms. The fraction of sp³-hybridized carbons (Fsp3) is 0.562. The van der Waals surface area contributed by atoms with Gasteiger partial charge >= 0.3 is 0 Å². The van der Waals surface area contributed by atoms with Crippen molar-refractivity contribution in [2.75, 3.05) is 31.6 Å². The van der Waals surface area contributed by atoms with Crippen molar-refractivity contribution in [1.29, 1.82) is 0 Å². The summed E-state index contributed by atoms with van der Waals surface area (Å²) in [6.07, 6.45) is 2.02. The van der Waals surface area contributed by atoms with Crippen molar-refractivity contribution >= 4 is 27.6 Å². The number of sulfone groups is 1. The van der Waals surface area contributed by atoms with Gasteiger partial charge in [-0.05, 0) is 39.2 Å². The van der Waals surface area contributed by atoms with Crippen LogP contribution in [0.1, 0.15) is 20.8 Å². The van der Waals surface area contributed by atoms with Gasteiger partial charge in [0.05, 0.1) is 12.3 Å². The summed E-state index contributed by atoms with van der Waals surface area (Å²) in [4.78, 5) is 4.20. The molecule has 0 atom stereocenters. The molecule has 1 rings (SSSR count). The Morgan fingerprint density at radius 1 is 1.29 bits per heavy atom. The van der Waals surface area contributed by atoms with E-state index in [-0.39, 0.29) is 21.9 Å². The predicted molar refractivity (Wildman–Crippen MR) is 100 cm³/mol. The van der Waals surface area contributed by atoms with E-state index in [0.717, 1.165) is 6.07 Å². The SMILES string of the molecule is CCNC(=NCC(C)(C)SC)NCCS(=O)(=O)c1ccccc1F. The Labute approximate surface area is 148 Å². The average Bonchev–Trinajstić information content (AvgIpc) is 2.53. The lowest BCUT2D eigenvalue weighted by molar-refractivity contribution is 0.566. The Bertz CT molecular complexity index is 661. The van der Waals surface area contributed by atoms with Crippen LogP contribution < -0.4 is 10.6 Å². The first-order valence-electron chi connectivity index (χ1n) is 7.76. The third-order valence-corrected chi connectivity index (χ3v) is 6.33. The number of thioether (sulfide) groups is 1. The number of nitrogens with one attached hydrogen (secondary N) is 2. The standard InChI is InChI=1S/C16H26FN3O2S2/c1-5-18-15(20-12-16(2,3)23-4)19-10-11-24(21,22)14-9-7-6-8-13(14)17/h6-9H,5,10-12H2,1-4H3,(H2,18,19,20). The molecule has 0 saturated heterocycles. The summed E-state index contributed by atoms with van der Waals surface area (Å²) < 4.78 is 38.1. The van der Waals surface area contributed by atoms with E-state index < -0.39 is 15.7 Å². The van der Waals surface area contributed by atoms with Gasteiger partial charge in [0.15, 0.2) is 15.8 Å². The van der Waals surface area contributed by atoms with Gasteiger partial charge in [0.2, 0.25) is 0 Å². The lowest BCUT2D eigenvalue weighted by atomic mass is 10.2.